The normalized spacial score (nSPS) is 22.8. The average molecular weight is 372 g/mol. The van der Waals surface area contributed by atoms with Gasteiger partial charge in [-0.3, -0.25) is 14.2 Å². The van der Waals surface area contributed by atoms with Crippen molar-refractivity contribution in [3.05, 3.63) is 76.0 Å². The minimum atomic E-state index is -1.29. The van der Waals surface area contributed by atoms with Crippen LogP contribution in [0.4, 0.5) is 0 Å². The summed E-state index contributed by atoms with van der Waals surface area (Å²) >= 11 is 0. The highest BCUT2D eigenvalue weighted by Crippen LogP contribution is 2.43. The lowest BCUT2D eigenvalue weighted by molar-refractivity contribution is -0.128. The minimum absolute atomic E-state index is 0.257. The van der Waals surface area contributed by atoms with Crippen LogP contribution < -0.4 is 10.9 Å². The molecule has 0 saturated heterocycles. The van der Waals surface area contributed by atoms with Gasteiger partial charge in [-0.25, -0.2) is 4.98 Å². The Bertz CT molecular complexity index is 1370. The molecular formula is C21H16N4O3. The van der Waals surface area contributed by atoms with Gasteiger partial charge in [0.05, 0.1) is 23.2 Å². The van der Waals surface area contributed by atoms with Crippen molar-refractivity contribution >= 4 is 27.7 Å². The van der Waals surface area contributed by atoms with Gasteiger partial charge < -0.3 is 15.4 Å². The van der Waals surface area contributed by atoms with Crippen molar-refractivity contribution in [3.8, 4) is 0 Å². The molecule has 2 bridgehead atoms. The van der Waals surface area contributed by atoms with Gasteiger partial charge in [0, 0.05) is 17.3 Å². The van der Waals surface area contributed by atoms with E-state index in [0.29, 0.717) is 28.8 Å². The lowest BCUT2D eigenvalue weighted by Gasteiger charge is -2.38. The topological polar surface area (TPSA) is 100 Å². The molecule has 3 aliphatic heterocycles. The summed E-state index contributed by atoms with van der Waals surface area (Å²) in [6, 6.07) is 14.2. The van der Waals surface area contributed by atoms with Crippen molar-refractivity contribution in [2.75, 3.05) is 6.61 Å². The lowest BCUT2D eigenvalue weighted by atomic mass is 9.91. The molecule has 2 atom stereocenters. The number of aliphatic hydroxyl groups is 1. The van der Waals surface area contributed by atoms with E-state index < -0.39 is 18.2 Å². The zero-order valence-electron chi connectivity index (χ0n) is 14.8. The fourth-order valence-corrected chi connectivity index (χ4v) is 4.72. The number of aromatic amines is 1. The van der Waals surface area contributed by atoms with Crippen LogP contribution in [0.3, 0.4) is 0 Å². The SMILES string of the molecule is O=C1NC2(CO)c3[nH]c4ccccc4c3CC1n1c2nc2ccccc2c1=O. The molecular weight excluding hydrogens is 356 g/mol. The molecule has 7 nitrogen and oxygen atoms in total. The Morgan fingerprint density at radius 2 is 1.86 bits per heavy atom. The van der Waals surface area contributed by atoms with Gasteiger partial charge in [-0.05, 0) is 23.8 Å². The quantitative estimate of drug-likeness (QED) is 0.469. The first-order valence-electron chi connectivity index (χ1n) is 9.19. The van der Waals surface area contributed by atoms with E-state index in [4.69, 9.17) is 4.98 Å². The van der Waals surface area contributed by atoms with Crippen LogP contribution in [0, 0.1) is 0 Å². The smallest absolute Gasteiger partial charge is 0.262 e. The van der Waals surface area contributed by atoms with Crippen molar-refractivity contribution in [2.24, 2.45) is 0 Å². The standard InChI is InChI=1S/C21H16N4O3/c26-10-21-17-13(11-5-1-3-7-14(11)22-17)9-16(18(27)24-21)25-19(28)12-6-2-4-8-15(12)23-20(21)25/h1-8,16,22,26H,9-10H2,(H,24,27). The molecule has 7 rings (SSSR count). The third-order valence-electron chi connectivity index (χ3n) is 6.02. The van der Waals surface area contributed by atoms with Gasteiger partial charge in [0.25, 0.3) is 5.56 Å². The largest absolute Gasteiger partial charge is 0.393 e. The van der Waals surface area contributed by atoms with E-state index in [1.54, 1.807) is 18.2 Å². The number of carbonyl (C=O) groups excluding carboxylic acids is 1. The van der Waals surface area contributed by atoms with E-state index in [1.807, 2.05) is 30.3 Å². The number of para-hydroxylation sites is 2. The molecule has 28 heavy (non-hydrogen) atoms. The van der Waals surface area contributed by atoms with Crippen molar-refractivity contribution in [1.82, 2.24) is 19.9 Å². The number of aliphatic hydroxyl groups excluding tert-OH is 1. The Morgan fingerprint density at radius 1 is 1.11 bits per heavy atom. The van der Waals surface area contributed by atoms with E-state index in [9.17, 15) is 14.7 Å². The summed E-state index contributed by atoms with van der Waals surface area (Å²) < 4.78 is 1.47. The number of rotatable bonds is 1. The van der Waals surface area contributed by atoms with E-state index in [-0.39, 0.29) is 11.5 Å². The molecule has 0 radical (unpaired) electrons. The minimum Gasteiger partial charge on any atom is -0.393 e. The van der Waals surface area contributed by atoms with E-state index in [2.05, 4.69) is 10.3 Å². The maximum absolute atomic E-state index is 13.3. The number of amides is 1. The maximum atomic E-state index is 13.3. The van der Waals surface area contributed by atoms with Gasteiger partial charge in [-0.2, -0.15) is 0 Å². The first-order valence-corrected chi connectivity index (χ1v) is 9.19. The van der Waals surface area contributed by atoms with Gasteiger partial charge in [-0.15, -0.1) is 0 Å². The second-order valence-corrected chi connectivity index (χ2v) is 7.42. The summed E-state index contributed by atoms with van der Waals surface area (Å²) in [6.45, 7) is -0.407. The number of H-pyrrole nitrogens is 1. The fourth-order valence-electron chi connectivity index (χ4n) is 4.72. The molecule has 1 amide bonds. The molecule has 4 aromatic rings. The second kappa shape index (κ2) is 5.08. The van der Waals surface area contributed by atoms with Gasteiger partial charge in [0.2, 0.25) is 5.91 Å². The number of nitrogens with one attached hydrogen (secondary N) is 2. The number of hydrogen-bond donors (Lipinski definition) is 3. The van der Waals surface area contributed by atoms with Crippen LogP contribution in [-0.4, -0.2) is 32.2 Å². The summed E-state index contributed by atoms with van der Waals surface area (Å²) in [5.74, 6) is 0.0861. The number of carbonyl (C=O) groups is 1. The summed E-state index contributed by atoms with van der Waals surface area (Å²) in [7, 11) is 0. The van der Waals surface area contributed by atoms with Crippen molar-refractivity contribution in [3.63, 3.8) is 0 Å². The highest BCUT2D eigenvalue weighted by atomic mass is 16.3. The predicted octanol–water partition coefficient (Wildman–Crippen LogP) is 1.34. The van der Waals surface area contributed by atoms with Crippen molar-refractivity contribution in [2.45, 2.75) is 18.0 Å². The summed E-state index contributed by atoms with van der Waals surface area (Å²) in [6.07, 6.45) is 0.361. The third-order valence-corrected chi connectivity index (χ3v) is 6.02. The molecule has 2 unspecified atom stereocenters. The summed E-state index contributed by atoms with van der Waals surface area (Å²) in [5, 5.41) is 14.9. The highest BCUT2D eigenvalue weighted by Gasteiger charge is 2.52. The monoisotopic (exact) mass is 372 g/mol. The number of hydrogen-bond acceptors (Lipinski definition) is 4. The van der Waals surface area contributed by atoms with Gasteiger partial charge in [-0.1, -0.05) is 30.3 Å². The molecule has 5 heterocycles. The summed E-state index contributed by atoms with van der Waals surface area (Å²) in [4.78, 5) is 34.4. The molecule has 0 saturated carbocycles. The molecule has 0 aliphatic carbocycles. The maximum Gasteiger partial charge on any atom is 0.262 e. The third kappa shape index (κ3) is 1.70. The average Bonchev–Trinajstić information content (AvgIpc) is 2.98. The predicted molar refractivity (Wildman–Crippen MR) is 103 cm³/mol. The second-order valence-electron chi connectivity index (χ2n) is 7.42. The molecule has 138 valence electrons. The number of fused-ring (bicyclic) bond motifs is 3. The van der Waals surface area contributed by atoms with Crippen LogP contribution in [-0.2, 0) is 16.8 Å². The fraction of sp³-hybridized carbons (Fsp3) is 0.190. The van der Waals surface area contributed by atoms with Crippen LogP contribution in [0.2, 0.25) is 0 Å². The number of benzene rings is 2. The van der Waals surface area contributed by atoms with Crippen LogP contribution in [0.25, 0.3) is 21.8 Å². The first kappa shape index (κ1) is 15.6. The Labute approximate surface area is 158 Å². The van der Waals surface area contributed by atoms with Crippen molar-refractivity contribution < 1.29 is 9.90 Å². The molecule has 2 aromatic heterocycles. The highest BCUT2D eigenvalue weighted by molar-refractivity contribution is 5.91. The first-order chi connectivity index (χ1) is 13.6. The Morgan fingerprint density at radius 3 is 2.68 bits per heavy atom. The zero-order valence-corrected chi connectivity index (χ0v) is 14.8. The van der Waals surface area contributed by atoms with E-state index >= 15 is 0 Å². The molecule has 3 aliphatic rings. The molecule has 0 spiro atoms. The van der Waals surface area contributed by atoms with Crippen LogP contribution in [0.1, 0.15) is 23.1 Å². The summed E-state index contributed by atoms with van der Waals surface area (Å²) in [5.41, 5.74) is 1.56. The zero-order chi connectivity index (χ0) is 19.0. The van der Waals surface area contributed by atoms with Gasteiger partial charge in [0.15, 0.2) is 5.54 Å². The van der Waals surface area contributed by atoms with Crippen LogP contribution >= 0.6 is 0 Å². The Hall–Kier alpha value is -3.45. The lowest BCUT2D eigenvalue weighted by Crippen LogP contribution is -2.59. The van der Waals surface area contributed by atoms with Crippen LogP contribution in [0.5, 0.6) is 0 Å². The Balaban J connectivity index is 1.80. The van der Waals surface area contributed by atoms with E-state index in [0.717, 1.165) is 16.5 Å². The van der Waals surface area contributed by atoms with Crippen molar-refractivity contribution in [1.29, 1.82) is 0 Å². The van der Waals surface area contributed by atoms with Gasteiger partial charge in [0.1, 0.15) is 11.9 Å². The molecule has 0 fully saturated rings. The molecule has 2 aromatic carbocycles. The van der Waals surface area contributed by atoms with E-state index in [1.165, 1.54) is 4.57 Å². The van der Waals surface area contributed by atoms with Crippen LogP contribution in [0.15, 0.2) is 53.3 Å². The number of nitrogens with zero attached hydrogens (tertiary/aromatic N) is 2. The Kier molecular flexibility index (Phi) is 2.83. The number of aromatic nitrogens is 3. The molecule has 3 N–H and O–H groups in total. The molecule has 7 heteroatoms. The van der Waals surface area contributed by atoms with Gasteiger partial charge >= 0.3 is 0 Å².